The Balaban J connectivity index is 3.22. The lowest BCUT2D eigenvalue weighted by molar-refractivity contribution is -0.121. The lowest BCUT2D eigenvalue weighted by Crippen LogP contribution is -2.25. The molecule has 5 heteroatoms. The molecule has 0 unspecified atom stereocenters. The van der Waals surface area contributed by atoms with E-state index in [-0.39, 0.29) is 5.91 Å². The summed E-state index contributed by atoms with van der Waals surface area (Å²) in [5.41, 5.74) is 8.00. The van der Waals surface area contributed by atoms with Gasteiger partial charge in [-0.15, -0.1) is 0 Å². The van der Waals surface area contributed by atoms with Gasteiger partial charge in [0.1, 0.15) is 0 Å². The molecular weight excluding hydrogens is 192 g/mol. The van der Waals surface area contributed by atoms with E-state index in [0.717, 1.165) is 12.8 Å². The van der Waals surface area contributed by atoms with E-state index in [4.69, 9.17) is 5.53 Å². The summed E-state index contributed by atoms with van der Waals surface area (Å²) in [5.74, 6) is 0.0552. The maximum absolute atomic E-state index is 11.2. The molecule has 0 heterocycles. The number of rotatable bonds is 9. The maximum Gasteiger partial charge on any atom is 0.219 e. The zero-order chi connectivity index (χ0) is 11.4. The fourth-order valence-corrected chi connectivity index (χ4v) is 1.27. The third kappa shape index (κ3) is 10.7. The fourth-order valence-electron chi connectivity index (χ4n) is 1.27. The second-order valence-electron chi connectivity index (χ2n) is 3.47. The topological polar surface area (TPSA) is 77.9 Å². The van der Waals surface area contributed by atoms with Gasteiger partial charge in [-0.3, -0.25) is 4.79 Å². The van der Waals surface area contributed by atoms with Crippen molar-refractivity contribution in [3.63, 3.8) is 0 Å². The van der Waals surface area contributed by atoms with Crippen LogP contribution in [0.4, 0.5) is 0 Å². The Morgan fingerprint density at radius 1 is 1.33 bits per heavy atom. The molecular formula is C10H20N4O. The van der Waals surface area contributed by atoms with Crippen molar-refractivity contribution in [2.75, 3.05) is 13.1 Å². The molecule has 0 aliphatic carbocycles. The van der Waals surface area contributed by atoms with E-state index in [2.05, 4.69) is 22.3 Å². The van der Waals surface area contributed by atoms with Gasteiger partial charge in [0.2, 0.25) is 5.91 Å². The molecule has 1 N–H and O–H groups in total. The molecule has 5 nitrogen and oxygen atoms in total. The van der Waals surface area contributed by atoms with Crippen molar-refractivity contribution in [1.29, 1.82) is 0 Å². The molecule has 0 atom stereocenters. The number of amides is 1. The average molecular weight is 212 g/mol. The van der Waals surface area contributed by atoms with Gasteiger partial charge in [-0.05, 0) is 12.0 Å². The Bertz CT molecular complexity index is 211. The Morgan fingerprint density at radius 3 is 2.73 bits per heavy atom. The fraction of sp³-hybridized carbons (Fsp3) is 0.900. The minimum Gasteiger partial charge on any atom is -0.356 e. The number of unbranched alkanes of at least 4 members (excludes halogenated alkanes) is 4. The van der Waals surface area contributed by atoms with Crippen molar-refractivity contribution in [3.8, 4) is 0 Å². The Kier molecular flexibility index (Phi) is 9.98. The zero-order valence-corrected chi connectivity index (χ0v) is 9.41. The molecule has 0 rings (SSSR count). The molecule has 0 aliphatic heterocycles. The number of carbonyl (C=O) groups is 1. The van der Waals surface area contributed by atoms with Crippen LogP contribution in [-0.4, -0.2) is 19.0 Å². The number of hydrogen-bond donors (Lipinski definition) is 1. The van der Waals surface area contributed by atoms with Crippen molar-refractivity contribution in [1.82, 2.24) is 5.32 Å². The van der Waals surface area contributed by atoms with E-state index in [1.165, 1.54) is 19.3 Å². The van der Waals surface area contributed by atoms with E-state index in [0.29, 0.717) is 19.5 Å². The van der Waals surface area contributed by atoms with Crippen LogP contribution in [0.3, 0.4) is 0 Å². The van der Waals surface area contributed by atoms with E-state index in [1.807, 2.05) is 0 Å². The second-order valence-corrected chi connectivity index (χ2v) is 3.47. The molecule has 0 radical (unpaired) electrons. The number of azide groups is 1. The molecule has 1 amide bonds. The number of nitrogens with one attached hydrogen (secondary N) is 1. The van der Waals surface area contributed by atoms with Gasteiger partial charge in [0.15, 0.2) is 0 Å². The van der Waals surface area contributed by atoms with Gasteiger partial charge in [-0.2, -0.15) is 0 Å². The van der Waals surface area contributed by atoms with Crippen LogP contribution < -0.4 is 5.32 Å². The predicted octanol–water partition coefficient (Wildman–Crippen LogP) is 2.77. The Hall–Kier alpha value is -1.22. The largest absolute Gasteiger partial charge is 0.356 e. The average Bonchev–Trinajstić information content (AvgIpc) is 2.24. The van der Waals surface area contributed by atoms with Crippen LogP contribution in [0, 0.1) is 0 Å². The molecule has 0 aromatic rings. The molecule has 15 heavy (non-hydrogen) atoms. The van der Waals surface area contributed by atoms with Crippen LogP contribution >= 0.6 is 0 Å². The van der Waals surface area contributed by atoms with Crippen molar-refractivity contribution in [3.05, 3.63) is 10.4 Å². The molecule has 0 fully saturated rings. The first-order chi connectivity index (χ1) is 7.31. The van der Waals surface area contributed by atoms with Crippen LogP contribution in [0.1, 0.15) is 45.4 Å². The van der Waals surface area contributed by atoms with E-state index < -0.39 is 0 Å². The number of carbonyl (C=O) groups excluding carboxylic acids is 1. The minimum atomic E-state index is 0.0552. The smallest absolute Gasteiger partial charge is 0.219 e. The lowest BCUT2D eigenvalue weighted by Gasteiger charge is -2.02. The third-order valence-corrected chi connectivity index (χ3v) is 2.10. The first kappa shape index (κ1) is 13.8. The van der Waals surface area contributed by atoms with Crippen LogP contribution in [0.2, 0.25) is 0 Å². The zero-order valence-electron chi connectivity index (χ0n) is 9.41. The normalized spacial score (nSPS) is 9.40. The molecule has 0 bridgehead atoms. The highest BCUT2D eigenvalue weighted by Crippen LogP contribution is 2.04. The third-order valence-electron chi connectivity index (χ3n) is 2.10. The van der Waals surface area contributed by atoms with E-state index in [1.54, 1.807) is 0 Å². The summed E-state index contributed by atoms with van der Waals surface area (Å²) in [6.45, 7) is 2.94. The molecule has 0 aliphatic rings. The number of nitrogens with zero attached hydrogens (tertiary/aromatic N) is 3. The number of hydrogen-bond acceptors (Lipinski definition) is 2. The Morgan fingerprint density at radius 2 is 2.07 bits per heavy atom. The van der Waals surface area contributed by atoms with Gasteiger partial charge in [0.25, 0.3) is 0 Å². The summed E-state index contributed by atoms with van der Waals surface area (Å²) >= 11 is 0. The van der Waals surface area contributed by atoms with Gasteiger partial charge in [-0.1, -0.05) is 37.7 Å². The molecule has 0 saturated heterocycles. The van der Waals surface area contributed by atoms with Crippen LogP contribution in [0.5, 0.6) is 0 Å². The quantitative estimate of drug-likeness (QED) is 0.271. The van der Waals surface area contributed by atoms with Crippen molar-refractivity contribution in [2.45, 2.75) is 45.4 Å². The van der Waals surface area contributed by atoms with Crippen LogP contribution in [-0.2, 0) is 4.79 Å². The summed E-state index contributed by atoms with van der Waals surface area (Å²) in [6, 6.07) is 0. The summed E-state index contributed by atoms with van der Waals surface area (Å²) in [5, 5.41) is 6.03. The minimum absolute atomic E-state index is 0.0552. The first-order valence-corrected chi connectivity index (χ1v) is 5.58. The molecule has 0 aromatic heterocycles. The molecule has 0 saturated carbocycles. The van der Waals surface area contributed by atoms with Gasteiger partial charge >= 0.3 is 0 Å². The van der Waals surface area contributed by atoms with Gasteiger partial charge in [0.05, 0.1) is 0 Å². The summed E-state index contributed by atoms with van der Waals surface area (Å²) in [7, 11) is 0. The second kappa shape index (κ2) is 10.9. The van der Waals surface area contributed by atoms with Gasteiger partial charge in [-0.25, -0.2) is 0 Å². The highest BCUT2D eigenvalue weighted by atomic mass is 16.1. The summed E-state index contributed by atoms with van der Waals surface area (Å²) in [4.78, 5) is 13.8. The van der Waals surface area contributed by atoms with E-state index in [9.17, 15) is 4.79 Å². The summed E-state index contributed by atoms with van der Waals surface area (Å²) in [6.07, 6.45) is 6.34. The standard InChI is InChI=1S/C10H20N4O/c1-2-3-4-5-6-7-10(15)12-8-9-13-14-11/h2-9H2,1H3,(H,12,15). The van der Waals surface area contributed by atoms with Gasteiger partial charge < -0.3 is 5.32 Å². The maximum atomic E-state index is 11.2. The molecule has 86 valence electrons. The monoisotopic (exact) mass is 212 g/mol. The predicted molar refractivity (Wildman–Crippen MR) is 60.4 cm³/mol. The first-order valence-electron chi connectivity index (χ1n) is 5.58. The molecule has 0 spiro atoms. The van der Waals surface area contributed by atoms with Crippen molar-refractivity contribution >= 4 is 5.91 Å². The van der Waals surface area contributed by atoms with Crippen molar-refractivity contribution in [2.24, 2.45) is 5.11 Å². The molecule has 0 aromatic carbocycles. The van der Waals surface area contributed by atoms with E-state index >= 15 is 0 Å². The van der Waals surface area contributed by atoms with Crippen molar-refractivity contribution < 1.29 is 4.79 Å². The summed E-state index contributed by atoms with van der Waals surface area (Å²) < 4.78 is 0. The van der Waals surface area contributed by atoms with Gasteiger partial charge in [0, 0.05) is 24.4 Å². The Labute approximate surface area is 90.9 Å². The van der Waals surface area contributed by atoms with Crippen LogP contribution in [0.25, 0.3) is 10.4 Å². The lowest BCUT2D eigenvalue weighted by atomic mass is 10.1. The van der Waals surface area contributed by atoms with Crippen LogP contribution in [0.15, 0.2) is 5.11 Å². The highest BCUT2D eigenvalue weighted by Gasteiger charge is 1.99. The highest BCUT2D eigenvalue weighted by molar-refractivity contribution is 5.75. The SMILES string of the molecule is CCCCCCCC(=O)NCCN=[N+]=[N-].